The van der Waals surface area contributed by atoms with Crippen molar-refractivity contribution in [2.75, 3.05) is 21.1 Å². The van der Waals surface area contributed by atoms with E-state index >= 15 is 0 Å². The van der Waals surface area contributed by atoms with E-state index in [1.54, 1.807) is 0 Å². The Morgan fingerprint density at radius 2 is 0.579 bits per heavy atom. The normalized spacial score (nSPS) is 21.4. The van der Waals surface area contributed by atoms with Gasteiger partial charge in [-0.15, -0.1) is 0 Å². The zero-order valence-electron chi connectivity index (χ0n) is 32.0. The van der Waals surface area contributed by atoms with Gasteiger partial charge in [-0.1, -0.05) is 161 Å². The molecule has 6 atom stereocenters. The highest BCUT2D eigenvalue weighted by atomic mass is 35.5. The van der Waals surface area contributed by atoms with Crippen molar-refractivity contribution in [2.24, 2.45) is 0 Å². The summed E-state index contributed by atoms with van der Waals surface area (Å²) in [6.07, 6.45) is 3.19. The van der Waals surface area contributed by atoms with E-state index in [1.165, 1.54) is 50.1 Å². The number of nitrogens with one attached hydrogen (secondary N) is 3. The third-order valence-electron chi connectivity index (χ3n) is 11.7. The maximum Gasteiger partial charge on any atom is 0.0595 e. The van der Waals surface area contributed by atoms with Crippen LogP contribution in [0.5, 0.6) is 0 Å². The second kappa shape index (κ2) is 18.9. The summed E-state index contributed by atoms with van der Waals surface area (Å²) in [5.41, 5.74) is 12.0. The predicted molar refractivity (Wildman–Crippen MR) is 243 cm³/mol. The molecule has 0 aromatic heterocycles. The molecule has 0 fully saturated rings. The maximum absolute atomic E-state index is 6.14. The van der Waals surface area contributed by atoms with Crippen molar-refractivity contribution in [1.29, 1.82) is 0 Å². The van der Waals surface area contributed by atoms with Crippen LogP contribution in [-0.2, 0) is 0 Å². The van der Waals surface area contributed by atoms with Crippen molar-refractivity contribution < 1.29 is 0 Å². The van der Waals surface area contributed by atoms with Crippen LogP contribution in [0, 0.1) is 0 Å². The SMILES string of the molecule is CN[C@@H]1C[C@@H](c2ccc(Cl)c(Cl)c2)c2ccccc21.CN[C@@H]1C[C@@H](c2ccc(Cl)c(Cl)c2)c2ccccc21.CN[C@@H]1C[C@@H](c2ccc(Cl)c(Cl)c2)c2ccccc21. The largest absolute Gasteiger partial charge is 0.313 e. The Labute approximate surface area is 367 Å². The summed E-state index contributed by atoms with van der Waals surface area (Å²) in [5, 5.41) is 13.9. The minimum Gasteiger partial charge on any atom is -0.313 e. The summed E-state index contributed by atoms with van der Waals surface area (Å²) in [6, 6.07) is 44.9. The average molecular weight is 877 g/mol. The first-order valence-corrected chi connectivity index (χ1v) is 21.5. The van der Waals surface area contributed by atoms with Crippen molar-refractivity contribution in [3.8, 4) is 0 Å². The van der Waals surface area contributed by atoms with Gasteiger partial charge in [0.05, 0.1) is 30.1 Å². The fourth-order valence-corrected chi connectivity index (χ4v) is 9.78. The molecule has 0 saturated carbocycles. The predicted octanol–water partition coefficient (Wildman–Crippen LogP) is 14.4. The van der Waals surface area contributed by atoms with Crippen LogP contribution < -0.4 is 16.0 Å². The zero-order valence-corrected chi connectivity index (χ0v) is 36.5. The van der Waals surface area contributed by atoms with Gasteiger partial charge in [-0.05, 0) is 127 Å². The summed E-state index contributed by atoms with van der Waals surface area (Å²) < 4.78 is 0. The molecular weight excluding hydrogens is 831 g/mol. The van der Waals surface area contributed by atoms with Gasteiger partial charge in [0.2, 0.25) is 0 Å². The van der Waals surface area contributed by atoms with Crippen molar-refractivity contribution in [3.05, 3.63) is 208 Å². The number of hydrogen-bond donors (Lipinski definition) is 3. The molecule has 6 aromatic carbocycles. The lowest BCUT2D eigenvalue weighted by Gasteiger charge is -2.13. The number of hydrogen-bond acceptors (Lipinski definition) is 3. The third-order valence-corrected chi connectivity index (χ3v) is 14.0. The van der Waals surface area contributed by atoms with Crippen molar-refractivity contribution in [3.63, 3.8) is 0 Å². The Balaban J connectivity index is 0.000000131. The van der Waals surface area contributed by atoms with E-state index in [-0.39, 0.29) is 0 Å². The van der Waals surface area contributed by atoms with Crippen LogP contribution in [0.1, 0.15) is 105 Å². The van der Waals surface area contributed by atoms with E-state index in [0.29, 0.717) is 66.0 Å². The molecule has 57 heavy (non-hydrogen) atoms. The summed E-state index contributed by atoms with van der Waals surface area (Å²) >= 11 is 36.4. The van der Waals surface area contributed by atoms with Gasteiger partial charge in [-0.3, -0.25) is 0 Å². The van der Waals surface area contributed by atoms with Gasteiger partial charge in [0.1, 0.15) is 0 Å². The van der Waals surface area contributed by atoms with E-state index in [2.05, 4.69) is 107 Å². The lowest BCUT2D eigenvalue weighted by Crippen LogP contribution is -2.13. The zero-order chi connectivity index (χ0) is 40.2. The topological polar surface area (TPSA) is 36.1 Å². The monoisotopic (exact) mass is 873 g/mol. The maximum atomic E-state index is 6.14. The van der Waals surface area contributed by atoms with Gasteiger partial charge < -0.3 is 16.0 Å². The molecule has 3 N–H and O–H groups in total. The molecule has 0 amide bonds. The molecule has 0 spiro atoms. The molecule has 9 rings (SSSR count). The third kappa shape index (κ3) is 9.09. The van der Waals surface area contributed by atoms with Gasteiger partial charge in [0.15, 0.2) is 0 Å². The minimum atomic E-state index is 0.392. The summed E-state index contributed by atoms with van der Waals surface area (Å²) in [6.45, 7) is 0. The molecule has 0 heterocycles. The van der Waals surface area contributed by atoms with Gasteiger partial charge in [-0.2, -0.15) is 0 Å². The first-order chi connectivity index (χ1) is 27.6. The molecule has 9 heteroatoms. The first-order valence-electron chi connectivity index (χ1n) is 19.2. The van der Waals surface area contributed by atoms with Crippen LogP contribution in [0.2, 0.25) is 30.1 Å². The number of benzene rings is 6. The standard InChI is InChI=1S/3C16H15Cl2N/c3*1-19-16-9-13(11-4-2-3-5-12(11)16)10-6-7-14(17)15(18)8-10/h3*2-8,13,16,19H,9H2,1H3/t3*13-,16+/m000/s1. The fraction of sp³-hybridized carbons (Fsp3) is 0.250. The highest BCUT2D eigenvalue weighted by Gasteiger charge is 2.33. The van der Waals surface area contributed by atoms with Crippen LogP contribution in [0.15, 0.2) is 127 Å². The van der Waals surface area contributed by atoms with E-state index in [4.69, 9.17) is 69.6 Å². The van der Waals surface area contributed by atoms with Crippen LogP contribution >= 0.6 is 69.6 Å². The second-order valence-corrected chi connectivity index (χ2v) is 17.2. The van der Waals surface area contributed by atoms with Crippen molar-refractivity contribution >= 4 is 69.6 Å². The van der Waals surface area contributed by atoms with Crippen molar-refractivity contribution in [2.45, 2.75) is 55.1 Å². The lowest BCUT2D eigenvalue weighted by atomic mass is 9.93. The van der Waals surface area contributed by atoms with Gasteiger partial charge in [-0.25, -0.2) is 0 Å². The molecule has 6 aromatic rings. The summed E-state index contributed by atoms with van der Waals surface area (Å²) in [4.78, 5) is 0. The van der Waals surface area contributed by atoms with Crippen LogP contribution in [0.3, 0.4) is 0 Å². The lowest BCUT2D eigenvalue weighted by molar-refractivity contribution is 0.564. The second-order valence-electron chi connectivity index (χ2n) is 14.8. The Morgan fingerprint density at radius 3 is 0.807 bits per heavy atom. The average Bonchev–Trinajstić information content (AvgIpc) is 3.93. The van der Waals surface area contributed by atoms with Crippen LogP contribution in [-0.4, -0.2) is 21.1 Å². The Bertz CT molecular complexity index is 2090. The van der Waals surface area contributed by atoms with Crippen molar-refractivity contribution in [1.82, 2.24) is 16.0 Å². The molecule has 0 bridgehead atoms. The van der Waals surface area contributed by atoms with Crippen LogP contribution in [0.25, 0.3) is 0 Å². The van der Waals surface area contributed by atoms with Crippen LogP contribution in [0.4, 0.5) is 0 Å². The number of halogens is 6. The molecule has 0 aliphatic heterocycles. The first kappa shape index (κ1) is 42.1. The smallest absolute Gasteiger partial charge is 0.0595 e. The highest BCUT2D eigenvalue weighted by molar-refractivity contribution is 6.43. The Hall–Kier alpha value is -3.06. The quantitative estimate of drug-likeness (QED) is 0.156. The minimum absolute atomic E-state index is 0.392. The van der Waals surface area contributed by atoms with Gasteiger partial charge in [0, 0.05) is 35.9 Å². The number of fused-ring (bicyclic) bond motifs is 3. The molecule has 3 aliphatic carbocycles. The summed E-state index contributed by atoms with van der Waals surface area (Å²) in [7, 11) is 6.04. The molecule has 3 aliphatic rings. The van der Waals surface area contributed by atoms with Gasteiger partial charge >= 0.3 is 0 Å². The Kier molecular flexibility index (Phi) is 13.9. The van der Waals surface area contributed by atoms with E-state index in [0.717, 1.165) is 19.3 Å². The molecular formula is C48H45Cl6N3. The van der Waals surface area contributed by atoms with Gasteiger partial charge in [0.25, 0.3) is 0 Å². The Morgan fingerprint density at radius 1 is 0.333 bits per heavy atom. The molecule has 0 saturated heterocycles. The van der Waals surface area contributed by atoms with E-state index in [1.807, 2.05) is 57.5 Å². The van der Waals surface area contributed by atoms with E-state index < -0.39 is 0 Å². The molecule has 3 nitrogen and oxygen atoms in total. The molecule has 0 radical (unpaired) electrons. The number of rotatable bonds is 6. The highest BCUT2D eigenvalue weighted by Crippen LogP contribution is 2.47. The fourth-order valence-electron chi connectivity index (χ4n) is 8.86. The molecule has 0 unspecified atom stereocenters. The molecule has 294 valence electrons. The summed E-state index contributed by atoms with van der Waals surface area (Å²) in [5.74, 6) is 1.18. The van der Waals surface area contributed by atoms with E-state index in [9.17, 15) is 0 Å².